The molecule has 21 heavy (non-hydrogen) atoms. The molecule has 2 rings (SSSR count). The van der Waals surface area contributed by atoms with E-state index in [4.69, 9.17) is 4.42 Å². The van der Waals surface area contributed by atoms with Gasteiger partial charge in [-0.1, -0.05) is 0 Å². The summed E-state index contributed by atoms with van der Waals surface area (Å²) in [7, 11) is 0. The Labute approximate surface area is 118 Å². The summed E-state index contributed by atoms with van der Waals surface area (Å²) < 4.78 is 56.1. The number of aliphatic hydroxyl groups excluding tert-OH is 1. The number of halogens is 4. The first-order valence-electron chi connectivity index (χ1n) is 6.15. The summed E-state index contributed by atoms with van der Waals surface area (Å²) in [5.74, 6) is -0.407. The van der Waals surface area contributed by atoms with Crippen molar-refractivity contribution in [2.75, 3.05) is 6.54 Å². The maximum atomic E-state index is 13.5. The van der Waals surface area contributed by atoms with E-state index in [1.807, 2.05) is 0 Å². The van der Waals surface area contributed by atoms with Crippen molar-refractivity contribution in [3.8, 4) is 0 Å². The largest absolute Gasteiger partial charge is 0.467 e. The van der Waals surface area contributed by atoms with Crippen LogP contribution in [-0.4, -0.2) is 11.7 Å². The zero-order chi connectivity index (χ0) is 15.5. The third kappa shape index (κ3) is 4.05. The van der Waals surface area contributed by atoms with Crippen molar-refractivity contribution in [2.24, 2.45) is 0 Å². The van der Waals surface area contributed by atoms with E-state index in [1.54, 1.807) is 12.1 Å². The van der Waals surface area contributed by atoms with Gasteiger partial charge < -0.3 is 14.8 Å². The van der Waals surface area contributed by atoms with Crippen LogP contribution in [0.5, 0.6) is 0 Å². The quantitative estimate of drug-likeness (QED) is 0.833. The van der Waals surface area contributed by atoms with E-state index in [9.17, 15) is 22.7 Å². The summed E-state index contributed by atoms with van der Waals surface area (Å²) in [6.45, 7) is -0.100. The van der Waals surface area contributed by atoms with Crippen LogP contribution in [0.1, 0.15) is 23.0 Å². The molecule has 1 heterocycles. The SMILES string of the molecule is OC(CNCc1cc(C(F)(F)F)ccc1F)c1ccco1. The Balaban J connectivity index is 1.97. The first-order valence-corrected chi connectivity index (χ1v) is 6.15. The topological polar surface area (TPSA) is 45.4 Å². The van der Waals surface area contributed by atoms with Gasteiger partial charge >= 0.3 is 6.18 Å². The number of aliphatic hydroxyl groups is 1. The van der Waals surface area contributed by atoms with Crippen molar-refractivity contribution in [2.45, 2.75) is 18.8 Å². The molecule has 0 radical (unpaired) electrons. The highest BCUT2D eigenvalue weighted by molar-refractivity contribution is 5.27. The van der Waals surface area contributed by atoms with Crippen LogP contribution in [0.2, 0.25) is 0 Å². The monoisotopic (exact) mass is 303 g/mol. The highest BCUT2D eigenvalue weighted by atomic mass is 19.4. The summed E-state index contributed by atoms with van der Waals surface area (Å²) in [6.07, 6.45) is -4.07. The molecular weight excluding hydrogens is 290 g/mol. The Morgan fingerprint density at radius 1 is 1.24 bits per heavy atom. The third-order valence-corrected chi connectivity index (χ3v) is 2.90. The average Bonchev–Trinajstić information content (AvgIpc) is 2.93. The average molecular weight is 303 g/mol. The Morgan fingerprint density at radius 2 is 2.00 bits per heavy atom. The van der Waals surface area contributed by atoms with Crippen LogP contribution in [0, 0.1) is 5.82 Å². The molecule has 0 saturated heterocycles. The molecule has 3 nitrogen and oxygen atoms in total. The lowest BCUT2D eigenvalue weighted by atomic mass is 10.1. The second-order valence-corrected chi connectivity index (χ2v) is 4.47. The zero-order valence-corrected chi connectivity index (χ0v) is 10.8. The minimum Gasteiger partial charge on any atom is -0.467 e. The fraction of sp³-hybridized carbons (Fsp3) is 0.286. The van der Waals surface area contributed by atoms with Gasteiger partial charge in [0.1, 0.15) is 17.7 Å². The van der Waals surface area contributed by atoms with Gasteiger partial charge in [0.25, 0.3) is 0 Å². The fourth-order valence-corrected chi connectivity index (χ4v) is 1.81. The van der Waals surface area contributed by atoms with Crippen LogP contribution in [0.4, 0.5) is 17.6 Å². The molecular formula is C14H13F4NO2. The molecule has 0 aliphatic carbocycles. The Bertz CT molecular complexity index is 581. The van der Waals surface area contributed by atoms with E-state index >= 15 is 0 Å². The molecule has 0 bridgehead atoms. The van der Waals surface area contributed by atoms with Crippen LogP contribution < -0.4 is 5.32 Å². The van der Waals surface area contributed by atoms with Crippen molar-refractivity contribution in [1.82, 2.24) is 5.32 Å². The molecule has 0 aliphatic rings. The number of hydrogen-bond acceptors (Lipinski definition) is 3. The van der Waals surface area contributed by atoms with Crippen molar-refractivity contribution in [1.29, 1.82) is 0 Å². The smallest absolute Gasteiger partial charge is 0.416 e. The number of nitrogens with one attached hydrogen (secondary N) is 1. The molecule has 0 saturated carbocycles. The van der Waals surface area contributed by atoms with Gasteiger partial charge in [0.2, 0.25) is 0 Å². The van der Waals surface area contributed by atoms with Gasteiger partial charge in [0.05, 0.1) is 11.8 Å². The van der Waals surface area contributed by atoms with E-state index in [-0.39, 0.29) is 18.7 Å². The van der Waals surface area contributed by atoms with Gasteiger partial charge in [-0.15, -0.1) is 0 Å². The highest BCUT2D eigenvalue weighted by Gasteiger charge is 2.31. The Morgan fingerprint density at radius 3 is 2.62 bits per heavy atom. The lowest BCUT2D eigenvalue weighted by Crippen LogP contribution is -2.21. The van der Waals surface area contributed by atoms with E-state index in [0.29, 0.717) is 11.8 Å². The van der Waals surface area contributed by atoms with E-state index < -0.39 is 23.7 Å². The fourth-order valence-electron chi connectivity index (χ4n) is 1.81. The summed E-state index contributed by atoms with van der Waals surface area (Å²) >= 11 is 0. The van der Waals surface area contributed by atoms with Crippen LogP contribution >= 0.6 is 0 Å². The number of benzene rings is 1. The lowest BCUT2D eigenvalue weighted by Gasteiger charge is -2.12. The molecule has 2 aromatic rings. The summed E-state index contributed by atoms with van der Waals surface area (Å²) in [5.41, 5.74) is -1.02. The molecule has 7 heteroatoms. The van der Waals surface area contributed by atoms with Crippen molar-refractivity contribution < 1.29 is 27.1 Å². The molecule has 0 aliphatic heterocycles. The first-order chi connectivity index (χ1) is 9.88. The predicted molar refractivity (Wildman–Crippen MR) is 66.8 cm³/mol. The molecule has 2 N–H and O–H groups in total. The standard InChI is InChI=1S/C14H13F4NO2/c15-11-4-3-10(14(16,17)18)6-9(11)7-19-8-12(20)13-2-1-5-21-13/h1-6,12,19-20H,7-8H2. The van der Waals surface area contributed by atoms with E-state index in [2.05, 4.69) is 5.32 Å². The van der Waals surface area contributed by atoms with Gasteiger partial charge in [-0.05, 0) is 30.3 Å². The minimum absolute atomic E-state index is 0.0310. The normalized spacial score (nSPS) is 13.4. The summed E-state index contributed by atoms with van der Waals surface area (Å²) in [4.78, 5) is 0. The zero-order valence-electron chi connectivity index (χ0n) is 10.8. The molecule has 0 spiro atoms. The molecule has 114 valence electrons. The van der Waals surface area contributed by atoms with Gasteiger partial charge in [-0.2, -0.15) is 13.2 Å². The Hall–Kier alpha value is -1.86. The molecule has 0 fully saturated rings. The van der Waals surface area contributed by atoms with Crippen LogP contribution in [0.3, 0.4) is 0 Å². The van der Waals surface area contributed by atoms with E-state index in [1.165, 1.54) is 6.26 Å². The van der Waals surface area contributed by atoms with Crippen LogP contribution in [0.15, 0.2) is 41.0 Å². The molecule has 1 unspecified atom stereocenters. The van der Waals surface area contributed by atoms with Gasteiger partial charge in [-0.3, -0.25) is 0 Å². The summed E-state index contributed by atoms with van der Waals surface area (Å²) in [5, 5.41) is 12.4. The molecule has 1 aromatic heterocycles. The van der Waals surface area contributed by atoms with E-state index in [0.717, 1.165) is 12.1 Å². The highest BCUT2D eigenvalue weighted by Crippen LogP contribution is 2.30. The van der Waals surface area contributed by atoms with Crippen molar-refractivity contribution >= 4 is 0 Å². The number of rotatable bonds is 5. The second kappa shape index (κ2) is 6.28. The van der Waals surface area contributed by atoms with Gasteiger partial charge in [-0.25, -0.2) is 4.39 Å². The third-order valence-electron chi connectivity index (χ3n) is 2.90. The number of hydrogen-bond donors (Lipinski definition) is 2. The first kappa shape index (κ1) is 15.5. The minimum atomic E-state index is -4.52. The maximum absolute atomic E-state index is 13.5. The molecule has 1 atom stereocenters. The maximum Gasteiger partial charge on any atom is 0.416 e. The second-order valence-electron chi connectivity index (χ2n) is 4.47. The van der Waals surface area contributed by atoms with Crippen molar-refractivity contribution in [3.05, 3.63) is 59.3 Å². The lowest BCUT2D eigenvalue weighted by molar-refractivity contribution is -0.137. The Kier molecular flexibility index (Phi) is 4.64. The predicted octanol–water partition coefficient (Wildman–Crippen LogP) is 3.26. The summed E-state index contributed by atoms with van der Waals surface area (Å²) in [6, 6.07) is 5.39. The van der Waals surface area contributed by atoms with Crippen LogP contribution in [0.25, 0.3) is 0 Å². The molecule has 1 aromatic carbocycles. The number of furan rings is 1. The van der Waals surface area contributed by atoms with Gasteiger partial charge in [0, 0.05) is 18.7 Å². The molecule has 0 amide bonds. The van der Waals surface area contributed by atoms with Gasteiger partial charge in [0.15, 0.2) is 0 Å². The van der Waals surface area contributed by atoms with Crippen LogP contribution in [-0.2, 0) is 12.7 Å². The van der Waals surface area contributed by atoms with Crippen molar-refractivity contribution in [3.63, 3.8) is 0 Å². The number of alkyl halides is 3.